The van der Waals surface area contributed by atoms with E-state index < -0.39 is 6.23 Å². The van der Waals surface area contributed by atoms with Crippen LogP contribution in [0.5, 0.6) is 0 Å². The summed E-state index contributed by atoms with van der Waals surface area (Å²) in [5.41, 5.74) is 2.75. The number of aromatic nitrogens is 2. The lowest BCUT2D eigenvalue weighted by Gasteiger charge is -2.43. The Balaban J connectivity index is 1.40. The van der Waals surface area contributed by atoms with Crippen molar-refractivity contribution >= 4 is 58.2 Å². The van der Waals surface area contributed by atoms with Crippen molar-refractivity contribution in [3.05, 3.63) is 80.2 Å². The third-order valence-electron chi connectivity index (χ3n) is 6.90. The molecule has 222 valence electrons. The highest BCUT2D eigenvalue weighted by Crippen LogP contribution is 2.40. The minimum absolute atomic E-state index is 0.212. The zero-order chi connectivity index (χ0) is 29.8. The van der Waals surface area contributed by atoms with Crippen LogP contribution in [0.25, 0.3) is 11.8 Å². The highest BCUT2D eigenvalue weighted by molar-refractivity contribution is 6.32. The summed E-state index contributed by atoms with van der Waals surface area (Å²) in [5.74, 6) is 0.881. The highest BCUT2D eigenvalue weighted by Gasteiger charge is 2.27. The average molecular weight is 614 g/mol. The fourth-order valence-corrected chi connectivity index (χ4v) is 5.15. The van der Waals surface area contributed by atoms with Gasteiger partial charge in [-0.1, -0.05) is 23.2 Å². The molecule has 1 amide bonds. The molecule has 1 aromatic carbocycles. The predicted octanol–water partition coefficient (Wildman–Crippen LogP) is 4.80. The summed E-state index contributed by atoms with van der Waals surface area (Å²) >= 11 is 12.8. The van der Waals surface area contributed by atoms with Crippen LogP contribution in [0, 0.1) is 5.21 Å². The Morgan fingerprint density at radius 3 is 2.67 bits per heavy atom. The van der Waals surface area contributed by atoms with Crippen LogP contribution in [0.15, 0.2) is 42.5 Å². The Morgan fingerprint density at radius 1 is 1.14 bits per heavy atom. The summed E-state index contributed by atoms with van der Waals surface area (Å²) in [5, 5.41) is 21.0. The monoisotopic (exact) mass is 612 g/mol. The summed E-state index contributed by atoms with van der Waals surface area (Å²) < 4.78 is 11.0. The molecule has 11 nitrogen and oxygen atoms in total. The summed E-state index contributed by atoms with van der Waals surface area (Å²) in [6, 6.07) is 11.9. The number of benzene rings is 1. The fourth-order valence-electron chi connectivity index (χ4n) is 4.73. The maximum absolute atomic E-state index is 13.5. The molecule has 5 rings (SSSR count). The molecule has 0 bridgehead atoms. The van der Waals surface area contributed by atoms with Crippen LogP contribution in [-0.4, -0.2) is 86.4 Å². The van der Waals surface area contributed by atoms with E-state index in [0.29, 0.717) is 72.0 Å². The standard InChI is InChI=1S/C29H32Cl2N7O4/c1-36(2)9-8-32-25-7-4-18-14-23(38(40)29(41-3)27(18)35-25)21-17-20(5-6-22(21)30)33-28(39)19-15-24(31)34-26(16-19)37-10-12-42-13-11-37/h4-7,14-17,29H,8-13H2,1-3H3,(H,32,35)(H,33,39)/q-1. The largest absolute Gasteiger partial charge is 0.756 e. The first kappa shape index (κ1) is 30.0. The molecule has 2 aliphatic heterocycles. The van der Waals surface area contributed by atoms with Crippen molar-refractivity contribution in [3.63, 3.8) is 0 Å². The lowest BCUT2D eigenvalue weighted by atomic mass is 10.0. The van der Waals surface area contributed by atoms with Crippen molar-refractivity contribution < 1.29 is 14.3 Å². The van der Waals surface area contributed by atoms with E-state index in [9.17, 15) is 10.0 Å². The zero-order valence-electron chi connectivity index (χ0n) is 23.6. The number of methoxy groups -OCH3 is 1. The second-order valence-corrected chi connectivity index (χ2v) is 10.9. The van der Waals surface area contributed by atoms with Crippen LogP contribution in [0.3, 0.4) is 0 Å². The number of pyridine rings is 2. The van der Waals surface area contributed by atoms with Crippen molar-refractivity contribution in [2.24, 2.45) is 0 Å². The van der Waals surface area contributed by atoms with Crippen LogP contribution >= 0.6 is 23.2 Å². The second-order valence-electron chi connectivity index (χ2n) is 10.1. The normalized spacial score (nSPS) is 16.7. The molecular formula is C29H32Cl2N7O4-. The van der Waals surface area contributed by atoms with Gasteiger partial charge in [-0.25, -0.2) is 9.97 Å². The van der Waals surface area contributed by atoms with E-state index in [1.54, 1.807) is 30.3 Å². The Bertz CT molecular complexity index is 1480. The Kier molecular flexibility index (Phi) is 9.47. The number of nitrogens with one attached hydrogen (secondary N) is 2. The summed E-state index contributed by atoms with van der Waals surface area (Å²) in [7, 11) is 5.44. The van der Waals surface area contributed by atoms with Crippen LogP contribution in [0.2, 0.25) is 10.2 Å². The average Bonchev–Trinajstić information content (AvgIpc) is 2.98. The van der Waals surface area contributed by atoms with Gasteiger partial charge < -0.3 is 40.2 Å². The second kappa shape index (κ2) is 13.2. The van der Waals surface area contributed by atoms with Crippen LogP contribution in [-0.2, 0) is 9.47 Å². The molecule has 42 heavy (non-hydrogen) atoms. The Morgan fingerprint density at radius 2 is 1.93 bits per heavy atom. The van der Waals surface area contributed by atoms with E-state index in [2.05, 4.69) is 25.5 Å². The lowest BCUT2D eigenvalue weighted by Crippen LogP contribution is -2.36. The number of morpholine rings is 1. The number of likely N-dealkylation sites (N-methyl/N-ethyl adjacent to an activating group) is 1. The maximum Gasteiger partial charge on any atom is 0.255 e. The van der Waals surface area contributed by atoms with Gasteiger partial charge in [0.05, 0.1) is 18.9 Å². The summed E-state index contributed by atoms with van der Waals surface area (Å²) in [6.45, 7) is 4.01. The number of halogens is 2. The molecule has 2 aliphatic rings. The van der Waals surface area contributed by atoms with Crippen molar-refractivity contribution in [3.8, 4) is 0 Å². The van der Waals surface area contributed by atoms with E-state index in [1.165, 1.54) is 13.2 Å². The Hall–Kier alpha value is -3.45. The minimum atomic E-state index is -0.984. The third-order valence-corrected chi connectivity index (χ3v) is 7.42. The topological polar surface area (TPSA) is 118 Å². The fraction of sp³-hybridized carbons (Fsp3) is 0.345. The van der Waals surface area contributed by atoms with Crippen LogP contribution in [0.1, 0.15) is 33.4 Å². The molecule has 0 radical (unpaired) electrons. The Labute approximate surface area is 254 Å². The van der Waals surface area contributed by atoms with Gasteiger partial charge >= 0.3 is 0 Å². The number of amides is 1. The molecule has 1 atom stereocenters. The van der Waals surface area contributed by atoms with Crippen LogP contribution in [0.4, 0.5) is 17.3 Å². The maximum atomic E-state index is 13.5. The number of carbonyl (C=O) groups is 1. The summed E-state index contributed by atoms with van der Waals surface area (Å²) in [6.07, 6.45) is 0.737. The number of ether oxygens (including phenoxy) is 2. The van der Waals surface area contributed by atoms with Crippen molar-refractivity contribution in [1.82, 2.24) is 19.9 Å². The molecule has 3 aromatic rings. The SMILES string of the molecule is COC1c2nc(NCCN(C)C)ccc2C=C(c2cc(NC(=O)c3cc(Cl)nc(N4CCOCC4)c3)ccc2Cl)N1[O-]. The van der Waals surface area contributed by atoms with Crippen LogP contribution < -0.4 is 15.5 Å². The molecule has 2 N–H and O–H groups in total. The molecule has 13 heteroatoms. The third kappa shape index (κ3) is 6.78. The van der Waals surface area contributed by atoms with E-state index >= 15 is 0 Å². The number of carbonyl (C=O) groups excluding carboxylic acids is 1. The molecule has 1 saturated heterocycles. The van der Waals surface area contributed by atoms with Crippen molar-refractivity contribution in [2.75, 3.05) is 76.1 Å². The number of rotatable bonds is 9. The van der Waals surface area contributed by atoms with Gasteiger partial charge in [-0.3, -0.25) is 4.79 Å². The number of fused-ring (bicyclic) bond motifs is 1. The molecule has 0 saturated carbocycles. The van der Waals surface area contributed by atoms with Crippen molar-refractivity contribution in [2.45, 2.75) is 6.23 Å². The summed E-state index contributed by atoms with van der Waals surface area (Å²) in [4.78, 5) is 26.3. The van der Waals surface area contributed by atoms with Gasteiger partial charge in [-0.05, 0) is 62.6 Å². The molecule has 2 aromatic heterocycles. The first-order chi connectivity index (χ1) is 20.2. The predicted molar refractivity (Wildman–Crippen MR) is 166 cm³/mol. The first-order valence-electron chi connectivity index (χ1n) is 13.5. The van der Waals surface area contributed by atoms with Crippen molar-refractivity contribution in [1.29, 1.82) is 0 Å². The number of hydrogen-bond donors (Lipinski definition) is 2. The molecule has 0 aliphatic carbocycles. The number of nitrogens with zero attached hydrogens (tertiary/aromatic N) is 5. The van der Waals surface area contributed by atoms with Gasteiger partial charge in [0.1, 0.15) is 16.8 Å². The lowest BCUT2D eigenvalue weighted by molar-refractivity contribution is 0.0185. The molecule has 0 spiro atoms. The first-order valence-corrected chi connectivity index (χ1v) is 14.2. The van der Waals surface area contributed by atoms with Gasteiger partial charge in [-0.2, -0.15) is 0 Å². The molecule has 1 unspecified atom stereocenters. The smallest absolute Gasteiger partial charge is 0.255 e. The van der Waals surface area contributed by atoms with E-state index in [0.717, 1.165) is 17.2 Å². The van der Waals surface area contributed by atoms with Gasteiger partial charge in [0, 0.05) is 66.4 Å². The number of hydrogen-bond acceptors (Lipinski definition) is 10. The van der Waals surface area contributed by atoms with Gasteiger partial charge in [0.25, 0.3) is 5.91 Å². The zero-order valence-corrected chi connectivity index (χ0v) is 25.1. The molecular weight excluding hydrogens is 581 g/mol. The molecule has 4 heterocycles. The van der Waals surface area contributed by atoms with E-state index in [-0.39, 0.29) is 16.8 Å². The van der Waals surface area contributed by atoms with E-state index in [1.807, 2.05) is 31.1 Å². The van der Waals surface area contributed by atoms with Gasteiger partial charge in [0.2, 0.25) is 0 Å². The quantitative estimate of drug-likeness (QED) is 0.326. The number of anilines is 3. The minimum Gasteiger partial charge on any atom is -0.756 e. The van der Waals surface area contributed by atoms with Gasteiger partial charge in [0.15, 0.2) is 6.23 Å². The molecule has 1 fully saturated rings. The highest BCUT2D eigenvalue weighted by atomic mass is 35.5. The van der Waals surface area contributed by atoms with E-state index in [4.69, 9.17) is 32.7 Å². The van der Waals surface area contributed by atoms with Gasteiger partial charge in [-0.15, -0.1) is 0 Å². The number of hydroxylamine groups is 2.